The van der Waals surface area contributed by atoms with Gasteiger partial charge in [-0.3, -0.25) is 4.21 Å². The van der Waals surface area contributed by atoms with E-state index in [1.807, 2.05) is 18.2 Å². The third-order valence-corrected chi connectivity index (χ3v) is 7.55. The first-order valence-corrected chi connectivity index (χ1v) is 10.4. The Hall–Kier alpha value is -0.570. The molecule has 1 aliphatic rings. The van der Waals surface area contributed by atoms with Crippen LogP contribution in [0, 0.1) is 0 Å². The Kier molecular flexibility index (Phi) is 5.48. The summed E-state index contributed by atoms with van der Waals surface area (Å²) in [6.07, 6.45) is 0. The summed E-state index contributed by atoms with van der Waals surface area (Å²) in [7, 11) is -4.11. The van der Waals surface area contributed by atoms with Gasteiger partial charge >= 0.3 is 0 Å². The molecule has 0 aromatic heterocycles. The molecule has 1 aromatic rings. The molecule has 0 saturated carbocycles. The zero-order chi connectivity index (χ0) is 14.6. The number of thioether (sulfide) groups is 1. The molecule has 0 unspecified atom stereocenters. The molecule has 2 rings (SSSR count). The Bertz CT molecular complexity index is 579. The average molecular weight is 334 g/mol. The largest absolute Gasteiger partial charge is 0.398 e. The molecule has 0 amide bonds. The summed E-state index contributed by atoms with van der Waals surface area (Å²) in [5.74, 6) is 1.44. The van der Waals surface area contributed by atoms with E-state index in [-0.39, 0.29) is 5.75 Å². The van der Waals surface area contributed by atoms with Crippen LogP contribution in [0.5, 0.6) is 0 Å². The number of hydrogen-bond donors (Lipinski definition) is 1. The zero-order valence-corrected chi connectivity index (χ0v) is 13.5. The van der Waals surface area contributed by atoms with Crippen LogP contribution in [0.25, 0.3) is 0 Å². The molecule has 2 N–H and O–H groups in total. The molecular weight excluding hydrogens is 316 g/mol. The maximum atomic E-state index is 12.1. The first kappa shape index (κ1) is 15.8. The fourth-order valence-electron chi connectivity index (χ4n) is 1.90. The van der Waals surface area contributed by atoms with E-state index in [1.165, 1.54) is 16.1 Å². The number of anilines is 1. The van der Waals surface area contributed by atoms with Crippen LogP contribution in [0.15, 0.2) is 29.2 Å². The molecule has 1 aliphatic heterocycles. The van der Waals surface area contributed by atoms with Gasteiger partial charge in [-0.1, -0.05) is 12.1 Å². The van der Waals surface area contributed by atoms with Crippen LogP contribution in [-0.4, -0.2) is 53.0 Å². The molecular formula is C12H18N2O3S3. The van der Waals surface area contributed by atoms with Gasteiger partial charge in [0, 0.05) is 51.7 Å². The minimum absolute atomic E-state index is 0.0820. The number of para-hydroxylation sites is 1. The van der Waals surface area contributed by atoms with Crippen LogP contribution in [0.2, 0.25) is 0 Å². The highest BCUT2D eigenvalue weighted by molar-refractivity contribution is 8.00. The van der Waals surface area contributed by atoms with E-state index >= 15 is 0 Å². The van der Waals surface area contributed by atoms with Gasteiger partial charge in [-0.2, -0.15) is 0 Å². The maximum absolute atomic E-state index is 12.1. The van der Waals surface area contributed by atoms with Crippen LogP contribution in [0.1, 0.15) is 0 Å². The van der Waals surface area contributed by atoms with Crippen molar-refractivity contribution in [2.45, 2.75) is 4.90 Å². The van der Waals surface area contributed by atoms with Gasteiger partial charge in [0.05, 0.1) is 5.75 Å². The molecule has 20 heavy (non-hydrogen) atoms. The molecule has 1 fully saturated rings. The van der Waals surface area contributed by atoms with Gasteiger partial charge in [-0.05, 0) is 12.1 Å². The lowest BCUT2D eigenvalue weighted by molar-refractivity contribution is 0.440. The third kappa shape index (κ3) is 4.21. The molecule has 5 nitrogen and oxygen atoms in total. The molecule has 1 heterocycles. The Labute approximate surface area is 126 Å². The molecule has 0 atom stereocenters. The van der Waals surface area contributed by atoms with Crippen LogP contribution >= 0.6 is 11.8 Å². The number of sulfonamides is 1. The summed E-state index contributed by atoms with van der Waals surface area (Å²) < 4.78 is 37.0. The van der Waals surface area contributed by atoms with E-state index in [1.54, 1.807) is 6.07 Å². The van der Waals surface area contributed by atoms with Crippen LogP contribution < -0.4 is 5.73 Å². The van der Waals surface area contributed by atoms with Crippen molar-refractivity contribution in [2.24, 2.45) is 0 Å². The predicted molar refractivity (Wildman–Crippen MR) is 84.8 cm³/mol. The molecule has 112 valence electrons. The number of benzene rings is 1. The average Bonchev–Trinajstić information content (AvgIpc) is 2.41. The lowest BCUT2D eigenvalue weighted by Gasteiger charge is -2.25. The van der Waals surface area contributed by atoms with Crippen LogP contribution in [-0.2, 0) is 20.8 Å². The van der Waals surface area contributed by atoms with E-state index in [9.17, 15) is 12.6 Å². The normalized spacial score (nSPS) is 18.2. The first-order chi connectivity index (χ1) is 9.49. The maximum Gasteiger partial charge on any atom is 0.214 e. The standard InChI is InChI=1S/C12H18N2O3S3/c13-11-3-1-2-4-12(11)18-7-10-20(16,17)14-5-8-19(15)9-6-14/h1-4H,5-10,13H2. The summed E-state index contributed by atoms with van der Waals surface area (Å²) in [6, 6.07) is 7.42. The topological polar surface area (TPSA) is 80.5 Å². The second-order valence-electron chi connectivity index (χ2n) is 4.45. The van der Waals surface area contributed by atoms with Crippen LogP contribution in [0.4, 0.5) is 5.69 Å². The molecule has 1 aromatic carbocycles. The van der Waals surface area contributed by atoms with Gasteiger partial charge in [0.1, 0.15) is 0 Å². The highest BCUT2D eigenvalue weighted by atomic mass is 32.2. The number of nitrogen functional groups attached to an aromatic ring is 1. The summed E-state index contributed by atoms with van der Waals surface area (Å²) in [5, 5.41) is 0. The number of rotatable bonds is 5. The van der Waals surface area contributed by atoms with Gasteiger partial charge in [-0.15, -0.1) is 11.8 Å². The SMILES string of the molecule is Nc1ccccc1SCCS(=O)(=O)N1CCS(=O)CC1. The van der Waals surface area contributed by atoms with E-state index in [0.29, 0.717) is 36.0 Å². The van der Waals surface area contributed by atoms with E-state index < -0.39 is 20.8 Å². The lowest BCUT2D eigenvalue weighted by Crippen LogP contribution is -2.43. The van der Waals surface area contributed by atoms with Crippen molar-refractivity contribution in [3.8, 4) is 0 Å². The monoisotopic (exact) mass is 334 g/mol. The van der Waals surface area contributed by atoms with Crippen molar-refractivity contribution in [2.75, 3.05) is 41.8 Å². The highest BCUT2D eigenvalue weighted by Crippen LogP contribution is 2.24. The first-order valence-electron chi connectivity index (χ1n) is 6.29. The minimum Gasteiger partial charge on any atom is -0.398 e. The van der Waals surface area contributed by atoms with Gasteiger partial charge in [0.2, 0.25) is 10.0 Å². The van der Waals surface area contributed by atoms with Gasteiger partial charge < -0.3 is 5.73 Å². The second-order valence-corrected chi connectivity index (χ2v) is 9.37. The summed E-state index contributed by atoms with van der Waals surface area (Å²) in [6.45, 7) is 0.736. The lowest BCUT2D eigenvalue weighted by atomic mass is 10.3. The molecule has 1 saturated heterocycles. The third-order valence-electron chi connectivity index (χ3n) is 3.05. The molecule has 0 spiro atoms. The number of hydrogen-bond acceptors (Lipinski definition) is 5. The van der Waals surface area contributed by atoms with Crippen LogP contribution in [0.3, 0.4) is 0 Å². The second kappa shape index (κ2) is 6.93. The fraction of sp³-hybridized carbons (Fsp3) is 0.500. The fourth-order valence-corrected chi connectivity index (χ4v) is 5.98. The molecule has 8 heteroatoms. The van der Waals surface area contributed by atoms with Crippen molar-refractivity contribution in [1.82, 2.24) is 4.31 Å². The molecule has 0 radical (unpaired) electrons. The van der Waals surface area contributed by atoms with Gasteiger partial charge in [0.15, 0.2) is 0 Å². The highest BCUT2D eigenvalue weighted by Gasteiger charge is 2.25. The summed E-state index contributed by atoms with van der Waals surface area (Å²) in [5.41, 5.74) is 6.48. The van der Waals surface area contributed by atoms with E-state index in [0.717, 1.165) is 4.90 Å². The predicted octanol–water partition coefficient (Wildman–Crippen LogP) is 0.755. The smallest absolute Gasteiger partial charge is 0.214 e. The zero-order valence-electron chi connectivity index (χ0n) is 11.0. The Morgan fingerprint density at radius 1 is 1.25 bits per heavy atom. The van der Waals surface area contributed by atoms with Gasteiger partial charge in [-0.25, -0.2) is 12.7 Å². The van der Waals surface area contributed by atoms with E-state index in [2.05, 4.69) is 0 Å². The van der Waals surface area contributed by atoms with Crippen molar-refractivity contribution in [3.05, 3.63) is 24.3 Å². The van der Waals surface area contributed by atoms with Crippen molar-refractivity contribution in [1.29, 1.82) is 0 Å². The molecule has 0 bridgehead atoms. The Morgan fingerprint density at radius 2 is 1.90 bits per heavy atom. The summed E-state index contributed by atoms with van der Waals surface area (Å²) >= 11 is 1.45. The minimum atomic E-state index is -3.25. The summed E-state index contributed by atoms with van der Waals surface area (Å²) in [4.78, 5) is 0.905. The van der Waals surface area contributed by atoms with Crippen molar-refractivity contribution < 1.29 is 12.6 Å². The van der Waals surface area contributed by atoms with Gasteiger partial charge in [0.25, 0.3) is 0 Å². The Balaban J connectivity index is 1.87. The Morgan fingerprint density at radius 3 is 2.55 bits per heavy atom. The number of nitrogens with zero attached hydrogens (tertiary/aromatic N) is 1. The van der Waals surface area contributed by atoms with Crippen molar-refractivity contribution >= 4 is 38.3 Å². The molecule has 0 aliphatic carbocycles. The van der Waals surface area contributed by atoms with E-state index in [4.69, 9.17) is 5.73 Å². The number of nitrogens with two attached hydrogens (primary N) is 1. The van der Waals surface area contributed by atoms with Crippen molar-refractivity contribution in [3.63, 3.8) is 0 Å². The quantitative estimate of drug-likeness (QED) is 0.635.